The van der Waals surface area contributed by atoms with Crippen LogP contribution in [0.2, 0.25) is 0 Å². The molecule has 20 heavy (non-hydrogen) atoms. The molecule has 1 heterocycles. The van der Waals surface area contributed by atoms with Crippen LogP contribution in [0.1, 0.15) is 5.56 Å². The van der Waals surface area contributed by atoms with Crippen LogP contribution < -0.4 is 0 Å². The Hall–Kier alpha value is -2.40. The highest BCUT2D eigenvalue weighted by molar-refractivity contribution is 8.02. The summed E-state index contributed by atoms with van der Waals surface area (Å²) in [6.07, 6.45) is 2.04. The summed E-state index contributed by atoms with van der Waals surface area (Å²) in [4.78, 5) is 0. The first kappa shape index (κ1) is 12.6. The van der Waals surface area contributed by atoms with Crippen LogP contribution in [0.4, 0.5) is 0 Å². The number of nitrogens with zero attached hydrogens (tertiary/aromatic N) is 4. The summed E-state index contributed by atoms with van der Waals surface area (Å²) in [5, 5.41) is 14.5. The first-order chi connectivity index (χ1) is 9.93. The molecule has 0 fully saturated rings. The van der Waals surface area contributed by atoms with Gasteiger partial charge in [0.15, 0.2) is 0 Å². The van der Waals surface area contributed by atoms with E-state index in [2.05, 4.69) is 27.7 Å². The molecule has 0 saturated carbocycles. The minimum absolute atomic E-state index is 0.739. The summed E-state index contributed by atoms with van der Waals surface area (Å²) in [5.74, 6) is 0. The minimum atomic E-state index is 0.739. The Kier molecular flexibility index (Phi) is 3.89. The van der Waals surface area contributed by atoms with Crippen LogP contribution in [0.3, 0.4) is 0 Å². The third kappa shape index (κ3) is 2.95. The maximum atomic E-state index is 4.04. The summed E-state index contributed by atoms with van der Waals surface area (Å²) < 4.78 is 1.72. The van der Waals surface area contributed by atoms with Gasteiger partial charge in [-0.1, -0.05) is 60.3 Å². The number of hydrogen-bond acceptors (Lipinski definition) is 4. The van der Waals surface area contributed by atoms with Crippen molar-refractivity contribution in [3.8, 4) is 5.69 Å². The summed E-state index contributed by atoms with van der Waals surface area (Å²) in [6.45, 7) is 0. The molecule has 4 nitrogen and oxygen atoms in total. The fourth-order valence-electron chi connectivity index (χ4n) is 1.72. The zero-order chi connectivity index (χ0) is 13.6. The van der Waals surface area contributed by atoms with Crippen molar-refractivity contribution >= 4 is 17.8 Å². The molecule has 2 aromatic carbocycles. The molecule has 3 aromatic rings. The summed E-state index contributed by atoms with van der Waals surface area (Å²) in [6, 6.07) is 20.0. The van der Waals surface area contributed by atoms with Gasteiger partial charge >= 0.3 is 0 Å². The fourth-order valence-corrected chi connectivity index (χ4v) is 2.39. The molecule has 98 valence electrons. The lowest BCUT2D eigenvalue weighted by atomic mass is 10.2. The van der Waals surface area contributed by atoms with E-state index in [9.17, 15) is 0 Å². The molecule has 0 atom stereocenters. The summed E-state index contributed by atoms with van der Waals surface area (Å²) in [5.41, 5.74) is 2.10. The fraction of sp³-hybridized carbons (Fsp3) is 0. The number of rotatable bonds is 4. The number of thioether (sulfide) groups is 1. The van der Waals surface area contributed by atoms with E-state index in [-0.39, 0.29) is 0 Å². The molecule has 5 heteroatoms. The van der Waals surface area contributed by atoms with Crippen LogP contribution in [0.5, 0.6) is 0 Å². The second-order valence-electron chi connectivity index (χ2n) is 4.04. The molecule has 0 saturated heterocycles. The second kappa shape index (κ2) is 6.16. The van der Waals surface area contributed by atoms with Crippen LogP contribution in [0.25, 0.3) is 11.8 Å². The Bertz CT molecular complexity index is 692. The van der Waals surface area contributed by atoms with Crippen LogP contribution in [0.15, 0.2) is 71.2 Å². The lowest BCUT2D eigenvalue weighted by Gasteiger charge is -2.01. The van der Waals surface area contributed by atoms with Gasteiger partial charge in [-0.3, -0.25) is 0 Å². The zero-order valence-electron chi connectivity index (χ0n) is 10.6. The maximum absolute atomic E-state index is 4.04. The quantitative estimate of drug-likeness (QED) is 0.687. The standard InChI is InChI=1S/C15H12N4S/c1-3-7-13(8-4-1)11-12-20-15-16-17-18-19(15)14-9-5-2-6-10-14/h1-12H/b12-11-. The van der Waals surface area contributed by atoms with Gasteiger partial charge < -0.3 is 0 Å². The number of aromatic nitrogens is 4. The van der Waals surface area contributed by atoms with E-state index in [1.807, 2.05) is 60.0 Å². The van der Waals surface area contributed by atoms with Gasteiger partial charge in [0.05, 0.1) is 5.69 Å². The normalized spacial score (nSPS) is 11.0. The molecule has 1 aromatic heterocycles. The molecule has 0 aliphatic heterocycles. The highest BCUT2D eigenvalue weighted by atomic mass is 32.2. The molecule has 0 bridgehead atoms. The van der Waals surface area contributed by atoms with Crippen LogP contribution in [-0.4, -0.2) is 20.2 Å². The monoisotopic (exact) mass is 280 g/mol. The minimum Gasteiger partial charge on any atom is -0.187 e. The van der Waals surface area contributed by atoms with Crippen LogP contribution in [-0.2, 0) is 0 Å². The Balaban J connectivity index is 1.76. The van der Waals surface area contributed by atoms with Gasteiger partial charge in [-0.25, -0.2) is 0 Å². The smallest absolute Gasteiger partial charge is 0.187 e. The summed E-state index contributed by atoms with van der Waals surface area (Å²) in [7, 11) is 0. The lowest BCUT2D eigenvalue weighted by Crippen LogP contribution is -1.97. The maximum Gasteiger partial charge on any atom is 0.218 e. The van der Waals surface area contributed by atoms with Gasteiger partial charge in [0.2, 0.25) is 5.16 Å². The molecule has 0 spiro atoms. The van der Waals surface area contributed by atoms with Gasteiger partial charge in [-0.15, -0.1) is 5.10 Å². The van der Waals surface area contributed by atoms with Crippen molar-refractivity contribution in [3.05, 3.63) is 71.6 Å². The van der Waals surface area contributed by atoms with E-state index in [1.165, 1.54) is 11.8 Å². The highest BCUT2D eigenvalue weighted by Crippen LogP contribution is 2.20. The molecule has 0 aliphatic carbocycles. The Morgan fingerprint density at radius 1 is 0.900 bits per heavy atom. The second-order valence-corrected chi connectivity index (χ2v) is 4.91. The SMILES string of the molecule is C(=C/c1ccccc1)/Sc1nnnn1-c1ccccc1. The third-order valence-electron chi connectivity index (χ3n) is 2.68. The van der Waals surface area contributed by atoms with E-state index in [0.717, 1.165) is 16.4 Å². The van der Waals surface area contributed by atoms with Crippen molar-refractivity contribution in [1.82, 2.24) is 20.2 Å². The molecule has 0 N–H and O–H groups in total. The number of benzene rings is 2. The van der Waals surface area contributed by atoms with Crippen molar-refractivity contribution in [2.45, 2.75) is 5.16 Å². The van der Waals surface area contributed by atoms with Crippen molar-refractivity contribution in [2.75, 3.05) is 0 Å². The average molecular weight is 280 g/mol. The molecule has 0 amide bonds. The number of tetrazole rings is 1. The Morgan fingerprint density at radius 3 is 2.35 bits per heavy atom. The lowest BCUT2D eigenvalue weighted by molar-refractivity contribution is 0.757. The largest absolute Gasteiger partial charge is 0.218 e. The Morgan fingerprint density at radius 2 is 1.60 bits per heavy atom. The van der Waals surface area contributed by atoms with Gasteiger partial charge in [0, 0.05) is 0 Å². The first-order valence-corrected chi connectivity index (χ1v) is 7.03. The van der Waals surface area contributed by atoms with Crippen molar-refractivity contribution in [2.24, 2.45) is 0 Å². The van der Waals surface area contributed by atoms with Gasteiger partial charge in [-0.05, 0) is 39.6 Å². The number of hydrogen-bond donors (Lipinski definition) is 0. The zero-order valence-corrected chi connectivity index (χ0v) is 11.4. The molecule has 0 radical (unpaired) electrons. The summed E-state index contributed by atoms with van der Waals surface area (Å²) >= 11 is 1.49. The average Bonchev–Trinajstić information content (AvgIpc) is 2.98. The van der Waals surface area contributed by atoms with E-state index in [4.69, 9.17) is 0 Å². The topological polar surface area (TPSA) is 43.6 Å². The molecule has 0 aliphatic rings. The third-order valence-corrected chi connectivity index (χ3v) is 3.41. The predicted octanol–water partition coefficient (Wildman–Crippen LogP) is 3.43. The van der Waals surface area contributed by atoms with Gasteiger partial charge in [0.1, 0.15) is 0 Å². The van der Waals surface area contributed by atoms with E-state index in [0.29, 0.717) is 0 Å². The van der Waals surface area contributed by atoms with Crippen molar-refractivity contribution < 1.29 is 0 Å². The highest BCUT2D eigenvalue weighted by Gasteiger charge is 2.06. The van der Waals surface area contributed by atoms with Crippen molar-refractivity contribution in [1.29, 1.82) is 0 Å². The number of para-hydroxylation sites is 1. The predicted molar refractivity (Wildman–Crippen MR) is 80.5 cm³/mol. The van der Waals surface area contributed by atoms with Gasteiger partial charge in [0.25, 0.3) is 0 Å². The van der Waals surface area contributed by atoms with E-state index in [1.54, 1.807) is 4.68 Å². The molecular formula is C15H12N4S. The van der Waals surface area contributed by atoms with E-state index < -0.39 is 0 Å². The first-order valence-electron chi connectivity index (χ1n) is 6.15. The van der Waals surface area contributed by atoms with Gasteiger partial charge in [-0.2, -0.15) is 4.68 Å². The molecule has 0 unspecified atom stereocenters. The molecular weight excluding hydrogens is 268 g/mol. The molecule has 3 rings (SSSR count). The van der Waals surface area contributed by atoms with Crippen LogP contribution in [0, 0.1) is 0 Å². The van der Waals surface area contributed by atoms with E-state index >= 15 is 0 Å². The van der Waals surface area contributed by atoms with Crippen molar-refractivity contribution in [3.63, 3.8) is 0 Å². The van der Waals surface area contributed by atoms with Crippen LogP contribution >= 0.6 is 11.8 Å². The Labute approximate surface area is 121 Å².